The number of nitrogens with one attached hydrogen (secondary N) is 1. The van der Waals surface area contributed by atoms with Crippen LogP contribution in [0.4, 0.5) is 16.2 Å². The fraction of sp³-hybridized carbons (Fsp3) is 0.158. The number of nitro groups is 1. The van der Waals surface area contributed by atoms with Crippen LogP contribution in [0.15, 0.2) is 65.9 Å². The lowest BCUT2D eigenvalue weighted by atomic mass is 9.94. The second-order valence-corrected chi connectivity index (χ2v) is 5.90. The summed E-state index contributed by atoms with van der Waals surface area (Å²) >= 11 is 0. The molecule has 1 aliphatic heterocycles. The van der Waals surface area contributed by atoms with E-state index in [0.717, 1.165) is 0 Å². The fourth-order valence-electron chi connectivity index (χ4n) is 3.07. The molecule has 0 saturated heterocycles. The number of ether oxygens (including phenoxy) is 1. The predicted octanol–water partition coefficient (Wildman–Crippen LogP) is 3.31. The number of benzene rings is 2. The van der Waals surface area contributed by atoms with Gasteiger partial charge in [0.15, 0.2) is 0 Å². The van der Waals surface area contributed by atoms with Gasteiger partial charge >= 0.3 is 12.0 Å². The number of urea groups is 1. The van der Waals surface area contributed by atoms with Gasteiger partial charge in [0.05, 0.1) is 29.3 Å². The quantitative estimate of drug-likeness (QED) is 0.507. The largest absolute Gasteiger partial charge is 0.466 e. The SMILES string of the molecule is COC(=O)C1=C(C)N(c2ccccc2)C(=O)NC1c1cccc([N+](=O)[O-])c1. The van der Waals surface area contributed by atoms with E-state index in [-0.39, 0.29) is 11.3 Å². The van der Waals surface area contributed by atoms with Crippen LogP contribution in [-0.2, 0) is 9.53 Å². The molecule has 1 heterocycles. The van der Waals surface area contributed by atoms with Gasteiger partial charge in [-0.25, -0.2) is 9.59 Å². The molecule has 2 aromatic rings. The van der Waals surface area contributed by atoms with Crippen LogP contribution < -0.4 is 10.2 Å². The Balaban J connectivity index is 2.14. The number of rotatable bonds is 4. The van der Waals surface area contributed by atoms with Crippen LogP contribution in [0.25, 0.3) is 0 Å². The Morgan fingerprint density at radius 2 is 1.89 bits per heavy atom. The molecule has 138 valence electrons. The summed E-state index contributed by atoms with van der Waals surface area (Å²) in [7, 11) is 1.25. The van der Waals surface area contributed by atoms with E-state index in [0.29, 0.717) is 16.9 Å². The average Bonchev–Trinajstić information content (AvgIpc) is 2.68. The number of hydrogen-bond acceptors (Lipinski definition) is 5. The molecule has 1 aliphatic rings. The molecule has 0 aliphatic carbocycles. The third-order valence-electron chi connectivity index (χ3n) is 4.32. The summed E-state index contributed by atoms with van der Waals surface area (Å²) in [5.41, 5.74) is 1.49. The molecule has 1 atom stereocenters. The summed E-state index contributed by atoms with van der Waals surface area (Å²) in [6.45, 7) is 1.64. The van der Waals surface area contributed by atoms with Gasteiger partial charge in [-0.3, -0.25) is 15.0 Å². The first-order valence-electron chi connectivity index (χ1n) is 8.13. The van der Waals surface area contributed by atoms with E-state index < -0.39 is 23.0 Å². The lowest BCUT2D eigenvalue weighted by Gasteiger charge is -2.35. The predicted molar refractivity (Wildman–Crippen MR) is 98.0 cm³/mol. The molecule has 8 heteroatoms. The number of carbonyl (C=O) groups is 2. The first-order valence-corrected chi connectivity index (χ1v) is 8.13. The standard InChI is InChI=1S/C19H17N3O5/c1-12-16(18(23)27-2)17(13-7-6-10-15(11-13)22(25)26)20-19(24)21(12)14-8-4-3-5-9-14/h3-11,17H,1-2H3,(H,20,24). The van der Waals surface area contributed by atoms with Gasteiger partial charge in [0, 0.05) is 17.8 Å². The molecule has 0 aromatic heterocycles. The maximum atomic E-state index is 12.8. The smallest absolute Gasteiger partial charge is 0.337 e. The Labute approximate surface area is 155 Å². The van der Waals surface area contributed by atoms with Crippen molar-refractivity contribution in [1.82, 2.24) is 5.32 Å². The van der Waals surface area contributed by atoms with Gasteiger partial charge in [-0.1, -0.05) is 30.3 Å². The van der Waals surface area contributed by atoms with Crippen LogP contribution in [0.3, 0.4) is 0 Å². The van der Waals surface area contributed by atoms with E-state index >= 15 is 0 Å². The number of methoxy groups -OCH3 is 1. The highest BCUT2D eigenvalue weighted by Gasteiger charge is 2.37. The normalized spacial score (nSPS) is 16.7. The summed E-state index contributed by atoms with van der Waals surface area (Å²) in [5, 5.41) is 13.8. The molecule has 1 unspecified atom stereocenters. The minimum atomic E-state index is -0.857. The zero-order valence-electron chi connectivity index (χ0n) is 14.7. The number of nitrogens with zero attached hydrogens (tertiary/aromatic N) is 2. The van der Waals surface area contributed by atoms with Crippen molar-refractivity contribution >= 4 is 23.4 Å². The monoisotopic (exact) mass is 367 g/mol. The zero-order valence-corrected chi connectivity index (χ0v) is 14.7. The van der Waals surface area contributed by atoms with Gasteiger partial charge in [0.1, 0.15) is 0 Å². The van der Waals surface area contributed by atoms with E-state index in [9.17, 15) is 19.7 Å². The Morgan fingerprint density at radius 3 is 2.52 bits per heavy atom. The topological polar surface area (TPSA) is 102 Å². The van der Waals surface area contributed by atoms with E-state index in [1.165, 1.54) is 30.2 Å². The number of allylic oxidation sites excluding steroid dienone is 1. The van der Waals surface area contributed by atoms with Crippen molar-refractivity contribution in [3.63, 3.8) is 0 Å². The van der Waals surface area contributed by atoms with E-state index in [4.69, 9.17) is 4.74 Å². The third kappa shape index (κ3) is 3.37. The number of esters is 1. The molecular weight excluding hydrogens is 350 g/mol. The van der Waals surface area contributed by atoms with Gasteiger partial charge < -0.3 is 10.1 Å². The summed E-state index contributed by atoms with van der Waals surface area (Å²) in [4.78, 5) is 37.2. The van der Waals surface area contributed by atoms with Gasteiger partial charge in [-0.2, -0.15) is 0 Å². The van der Waals surface area contributed by atoms with Crippen molar-refractivity contribution in [3.8, 4) is 0 Å². The average molecular weight is 367 g/mol. The number of nitro benzene ring substituents is 1. The van der Waals surface area contributed by atoms with Crippen LogP contribution in [0.5, 0.6) is 0 Å². The van der Waals surface area contributed by atoms with Crippen LogP contribution in [0, 0.1) is 10.1 Å². The Bertz CT molecular complexity index is 939. The minimum Gasteiger partial charge on any atom is -0.466 e. The second kappa shape index (κ2) is 7.28. The maximum absolute atomic E-state index is 12.8. The summed E-state index contributed by atoms with van der Waals surface area (Å²) in [5.74, 6) is -0.620. The zero-order chi connectivity index (χ0) is 19.6. The third-order valence-corrected chi connectivity index (χ3v) is 4.32. The Kier molecular flexibility index (Phi) is 4.89. The molecule has 0 spiro atoms. The van der Waals surface area contributed by atoms with Crippen molar-refractivity contribution in [1.29, 1.82) is 0 Å². The molecule has 8 nitrogen and oxygen atoms in total. The summed E-state index contributed by atoms with van der Waals surface area (Å²) < 4.78 is 4.90. The Hall–Kier alpha value is -3.68. The molecule has 1 N–H and O–H groups in total. The molecule has 0 radical (unpaired) electrons. The first-order chi connectivity index (χ1) is 12.9. The highest BCUT2D eigenvalue weighted by atomic mass is 16.6. The number of para-hydroxylation sites is 1. The van der Waals surface area contributed by atoms with Crippen LogP contribution >= 0.6 is 0 Å². The van der Waals surface area contributed by atoms with Gasteiger partial charge in [0.25, 0.3) is 5.69 Å². The van der Waals surface area contributed by atoms with E-state index in [2.05, 4.69) is 5.32 Å². The van der Waals surface area contributed by atoms with Crippen molar-refractivity contribution in [3.05, 3.63) is 81.5 Å². The molecule has 2 amide bonds. The second-order valence-electron chi connectivity index (χ2n) is 5.90. The van der Waals surface area contributed by atoms with Crippen molar-refractivity contribution < 1.29 is 19.2 Å². The van der Waals surface area contributed by atoms with Crippen molar-refractivity contribution in [2.45, 2.75) is 13.0 Å². The number of carbonyl (C=O) groups excluding carboxylic acids is 2. The van der Waals surface area contributed by atoms with Crippen LogP contribution in [-0.4, -0.2) is 24.0 Å². The summed E-state index contributed by atoms with van der Waals surface area (Å²) in [6.07, 6.45) is 0. The molecule has 0 bridgehead atoms. The lowest BCUT2D eigenvalue weighted by Crippen LogP contribution is -2.48. The van der Waals surface area contributed by atoms with E-state index in [1.54, 1.807) is 37.3 Å². The minimum absolute atomic E-state index is 0.130. The van der Waals surface area contributed by atoms with Crippen LogP contribution in [0.1, 0.15) is 18.5 Å². The molecule has 0 saturated carbocycles. The fourth-order valence-corrected chi connectivity index (χ4v) is 3.07. The molecular formula is C19H17N3O5. The molecule has 27 heavy (non-hydrogen) atoms. The number of anilines is 1. The van der Waals surface area contributed by atoms with Crippen LogP contribution in [0.2, 0.25) is 0 Å². The maximum Gasteiger partial charge on any atom is 0.337 e. The highest BCUT2D eigenvalue weighted by molar-refractivity contribution is 6.03. The highest BCUT2D eigenvalue weighted by Crippen LogP contribution is 2.34. The van der Waals surface area contributed by atoms with Gasteiger partial charge in [-0.05, 0) is 24.6 Å². The Morgan fingerprint density at radius 1 is 1.19 bits per heavy atom. The number of hydrogen-bond donors (Lipinski definition) is 1. The summed E-state index contributed by atoms with van der Waals surface area (Å²) in [6, 6.07) is 13.4. The van der Waals surface area contributed by atoms with Crippen molar-refractivity contribution in [2.75, 3.05) is 12.0 Å². The van der Waals surface area contributed by atoms with Gasteiger partial charge in [0.2, 0.25) is 0 Å². The number of amides is 2. The van der Waals surface area contributed by atoms with Crippen molar-refractivity contribution in [2.24, 2.45) is 0 Å². The first kappa shape index (κ1) is 18.1. The lowest BCUT2D eigenvalue weighted by molar-refractivity contribution is -0.384. The molecule has 0 fully saturated rings. The van der Waals surface area contributed by atoms with E-state index in [1.807, 2.05) is 6.07 Å². The molecule has 2 aromatic carbocycles. The number of non-ortho nitro benzene ring substituents is 1. The molecule has 3 rings (SSSR count). The van der Waals surface area contributed by atoms with Gasteiger partial charge in [-0.15, -0.1) is 0 Å².